The smallest absolute Gasteiger partial charge is 0.0696 e. The van der Waals surface area contributed by atoms with Gasteiger partial charge in [0.15, 0.2) is 0 Å². The lowest BCUT2D eigenvalue weighted by Crippen LogP contribution is -2.35. The predicted octanol–water partition coefficient (Wildman–Crippen LogP) is 1.30. The van der Waals surface area contributed by atoms with Gasteiger partial charge in [0, 0.05) is 31.5 Å². The van der Waals surface area contributed by atoms with Crippen LogP contribution in [0, 0.1) is 5.92 Å². The monoisotopic (exact) mass is 301 g/mol. The van der Waals surface area contributed by atoms with E-state index >= 15 is 0 Å². The van der Waals surface area contributed by atoms with Crippen molar-refractivity contribution < 1.29 is 10.2 Å². The third-order valence-corrected chi connectivity index (χ3v) is 4.40. The highest BCUT2D eigenvalue weighted by Gasteiger charge is 2.32. The number of aromatic nitrogens is 2. The van der Waals surface area contributed by atoms with Crippen LogP contribution in [0.2, 0.25) is 0 Å². The molecule has 0 bridgehead atoms. The van der Waals surface area contributed by atoms with Crippen LogP contribution in [0.15, 0.2) is 42.7 Å². The molecule has 1 aromatic heterocycles. The van der Waals surface area contributed by atoms with Crippen molar-refractivity contribution in [2.45, 2.75) is 44.7 Å². The SMILES string of the molecule is OCc1ccc(CN[C@@H]2CC(Cn3cccn3)C[C@H]2O)cc1. The van der Waals surface area contributed by atoms with E-state index in [1.54, 1.807) is 6.20 Å². The molecule has 5 nitrogen and oxygen atoms in total. The van der Waals surface area contributed by atoms with Crippen LogP contribution in [0.25, 0.3) is 0 Å². The van der Waals surface area contributed by atoms with E-state index in [2.05, 4.69) is 10.4 Å². The fourth-order valence-corrected chi connectivity index (χ4v) is 3.17. The molecule has 3 N–H and O–H groups in total. The molecule has 2 aromatic rings. The quantitative estimate of drug-likeness (QED) is 0.752. The summed E-state index contributed by atoms with van der Waals surface area (Å²) in [7, 11) is 0. The fraction of sp³-hybridized carbons (Fsp3) is 0.471. The minimum absolute atomic E-state index is 0.0736. The molecule has 118 valence electrons. The summed E-state index contributed by atoms with van der Waals surface area (Å²) in [6.45, 7) is 1.68. The Morgan fingerprint density at radius 2 is 1.95 bits per heavy atom. The van der Waals surface area contributed by atoms with Gasteiger partial charge in [-0.2, -0.15) is 5.10 Å². The highest BCUT2D eigenvalue weighted by molar-refractivity contribution is 5.21. The zero-order valence-corrected chi connectivity index (χ0v) is 12.6. The third-order valence-electron chi connectivity index (χ3n) is 4.40. The van der Waals surface area contributed by atoms with Crippen molar-refractivity contribution >= 4 is 0 Å². The molecule has 1 aromatic carbocycles. The largest absolute Gasteiger partial charge is 0.392 e. The Kier molecular flexibility index (Phi) is 4.87. The first-order valence-electron chi connectivity index (χ1n) is 7.82. The van der Waals surface area contributed by atoms with Gasteiger partial charge in [0.1, 0.15) is 0 Å². The van der Waals surface area contributed by atoms with E-state index < -0.39 is 0 Å². The summed E-state index contributed by atoms with van der Waals surface area (Å²) in [5.41, 5.74) is 2.09. The van der Waals surface area contributed by atoms with Gasteiger partial charge in [0.2, 0.25) is 0 Å². The number of aliphatic hydroxyl groups excluding tert-OH is 2. The Hall–Kier alpha value is -1.69. The minimum atomic E-state index is -0.294. The second-order valence-electron chi connectivity index (χ2n) is 6.09. The summed E-state index contributed by atoms with van der Waals surface area (Å²) in [5.74, 6) is 0.462. The zero-order chi connectivity index (χ0) is 15.4. The van der Waals surface area contributed by atoms with Crippen LogP contribution in [-0.2, 0) is 19.7 Å². The summed E-state index contributed by atoms with van der Waals surface area (Å²) < 4.78 is 1.94. The van der Waals surface area contributed by atoms with Crippen molar-refractivity contribution in [2.24, 2.45) is 5.92 Å². The van der Waals surface area contributed by atoms with Crippen molar-refractivity contribution in [1.29, 1.82) is 0 Å². The molecule has 1 aliphatic rings. The van der Waals surface area contributed by atoms with Crippen molar-refractivity contribution in [3.63, 3.8) is 0 Å². The van der Waals surface area contributed by atoms with E-state index in [1.165, 1.54) is 5.56 Å². The molecule has 22 heavy (non-hydrogen) atoms. The molecule has 1 aliphatic carbocycles. The first-order chi connectivity index (χ1) is 10.7. The van der Waals surface area contributed by atoms with Gasteiger partial charge in [-0.15, -0.1) is 0 Å². The molecular formula is C17H23N3O2. The molecule has 0 amide bonds. The van der Waals surface area contributed by atoms with Crippen molar-refractivity contribution in [1.82, 2.24) is 15.1 Å². The summed E-state index contributed by atoms with van der Waals surface area (Å²) in [4.78, 5) is 0. The topological polar surface area (TPSA) is 70.3 Å². The molecule has 1 saturated carbocycles. The molecule has 5 heteroatoms. The van der Waals surface area contributed by atoms with E-state index in [0.717, 1.165) is 31.5 Å². The number of hydrogen-bond donors (Lipinski definition) is 3. The van der Waals surface area contributed by atoms with Gasteiger partial charge in [0.25, 0.3) is 0 Å². The molecule has 3 atom stereocenters. The van der Waals surface area contributed by atoms with Crippen LogP contribution in [-0.4, -0.2) is 32.1 Å². The molecule has 1 heterocycles. The Morgan fingerprint density at radius 1 is 1.18 bits per heavy atom. The fourth-order valence-electron chi connectivity index (χ4n) is 3.17. The zero-order valence-electron chi connectivity index (χ0n) is 12.6. The van der Waals surface area contributed by atoms with Gasteiger partial charge >= 0.3 is 0 Å². The molecule has 1 unspecified atom stereocenters. The number of benzene rings is 1. The van der Waals surface area contributed by atoms with Crippen molar-refractivity contribution in [3.8, 4) is 0 Å². The van der Waals surface area contributed by atoms with Crippen LogP contribution in [0.5, 0.6) is 0 Å². The Balaban J connectivity index is 1.49. The average Bonchev–Trinajstić information content (AvgIpc) is 3.16. The normalized spacial score (nSPS) is 24.7. The maximum Gasteiger partial charge on any atom is 0.0696 e. The standard InChI is InChI=1S/C17H23N3O2/c21-12-14-4-2-13(3-5-14)10-18-16-8-15(9-17(16)22)11-20-7-1-6-19-20/h1-7,15-18,21-22H,8-12H2/t15?,16-,17-/m1/s1. The molecule has 0 spiro atoms. The van der Waals surface area contributed by atoms with Crippen molar-refractivity contribution in [2.75, 3.05) is 0 Å². The van der Waals surface area contributed by atoms with Gasteiger partial charge in [0.05, 0.1) is 12.7 Å². The van der Waals surface area contributed by atoms with E-state index in [-0.39, 0.29) is 18.8 Å². The van der Waals surface area contributed by atoms with Gasteiger partial charge in [-0.25, -0.2) is 0 Å². The van der Waals surface area contributed by atoms with E-state index in [0.29, 0.717) is 5.92 Å². The van der Waals surface area contributed by atoms with E-state index in [1.807, 2.05) is 41.2 Å². The van der Waals surface area contributed by atoms with Crippen LogP contribution >= 0.6 is 0 Å². The number of nitrogens with one attached hydrogen (secondary N) is 1. The van der Waals surface area contributed by atoms with Gasteiger partial charge < -0.3 is 15.5 Å². The molecule has 0 aliphatic heterocycles. The predicted molar refractivity (Wildman–Crippen MR) is 84.0 cm³/mol. The summed E-state index contributed by atoms with van der Waals surface area (Å²) in [5, 5.41) is 27.0. The minimum Gasteiger partial charge on any atom is -0.392 e. The number of nitrogens with zero attached hydrogens (tertiary/aromatic N) is 2. The summed E-state index contributed by atoms with van der Waals surface area (Å²) >= 11 is 0. The van der Waals surface area contributed by atoms with Crippen molar-refractivity contribution in [3.05, 3.63) is 53.9 Å². The number of hydrogen-bond acceptors (Lipinski definition) is 4. The Bertz CT molecular complexity index is 568. The highest BCUT2D eigenvalue weighted by Crippen LogP contribution is 2.27. The van der Waals surface area contributed by atoms with Crippen LogP contribution in [0.3, 0.4) is 0 Å². The first-order valence-corrected chi connectivity index (χ1v) is 7.82. The van der Waals surface area contributed by atoms with Gasteiger partial charge in [-0.1, -0.05) is 24.3 Å². The Morgan fingerprint density at radius 3 is 2.64 bits per heavy atom. The lowest BCUT2D eigenvalue weighted by molar-refractivity contribution is 0.145. The molecule has 3 rings (SSSR count). The maximum atomic E-state index is 10.2. The maximum absolute atomic E-state index is 10.2. The first kappa shape index (κ1) is 15.2. The average molecular weight is 301 g/mol. The lowest BCUT2D eigenvalue weighted by Gasteiger charge is -2.16. The molecule has 1 fully saturated rings. The van der Waals surface area contributed by atoms with E-state index in [9.17, 15) is 5.11 Å². The van der Waals surface area contributed by atoms with Gasteiger partial charge in [-0.05, 0) is 36.0 Å². The number of rotatable bonds is 6. The highest BCUT2D eigenvalue weighted by atomic mass is 16.3. The van der Waals surface area contributed by atoms with Gasteiger partial charge in [-0.3, -0.25) is 4.68 Å². The van der Waals surface area contributed by atoms with Crippen LogP contribution < -0.4 is 5.32 Å². The molecule has 0 saturated heterocycles. The lowest BCUT2D eigenvalue weighted by atomic mass is 10.1. The van der Waals surface area contributed by atoms with E-state index in [4.69, 9.17) is 5.11 Å². The van der Waals surface area contributed by atoms with Crippen LogP contribution in [0.4, 0.5) is 0 Å². The summed E-state index contributed by atoms with van der Waals surface area (Å²) in [6, 6.07) is 9.96. The summed E-state index contributed by atoms with van der Waals surface area (Å²) in [6.07, 6.45) is 5.25. The third kappa shape index (κ3) is 3.74. The van der Waals surface area contributed by atoms with Crippen LogP contribution in [0.1, 0.15) is 24.0 Å². The molecule has 0 radical (unpaired) electrons. The second kappa shape index (κ2) is 7.05. The molecular weight excluding hydrogens is 278 g/mol. The second-order valence-corrected chi connectivity index (χ2v) is 6.09. The Labute approximate surface area is 130 Å². The number of aliphatic hydroxyl groups is 2.